The van der Waals surface area contributed by atoms with Crippen LogP contribution < -0.4 is 10.6 Å². The molecule has 0 radical (unpaired) electrons. The number of anilines is 1. The fourth-order valence-corrected chi connectivity index (χ4v) is 2.90. The predicted octanol–water partition coefficient (Wildman–Crippen LogP) is 1.47. The highest BCUT2D eigenvalue weighted by Gasteiger charge is 2.41. The third kappa shape index (κ3) is 2.00. The normalized spacial score (nSPS) is 22.9. The van der Waals surface area contributed by atoms with Crippen molar-refractivity contribution in [3.05, 3.63) is 29.8 Å². The molecular weight excluding hydrogens is 242 g/mol. The van der Waals surface area contributed by atoms with E-state index >= 15 is 0 Å². The van der Waals surface area contributed by atoms with Gasteiger partial charge in [-0.3, -0.25) is 4.79 Å². The standard InChI is InChI=1S/C14H17N3O2/c15-9-10-3-1-4-12(7-10)17-13(18)8-11-5-2-6-16(11)14(17)19/h1,3-4,7,11H,2,5-6,8-9,15H2. The van der Waals surface area contributed by atoms with Crippen molar-refractivity contribution in [1.29, 1.82) is 0 Å². The van der Waals surface area contributed by atoms with Crippen LogP contribution in [0.1, 0.15) is 24.8 Å². The molecule has 5 heteroatoms. The Morgan fingerprint density at radius 2 is 2.16 bits per heavy atom. The zero-order valence-electron chi connectivity index (χ0n) is 10.7. The van der Waals surface area contributed by atoms with Gasteiger partial charge in [0.25, 0.3) is 0 Å². The van der Waals surface area contributed by atoms with Crippen molar-refractivity contribution in [3.63, 3.8) is 0 Å². The number of carbonyl (C=O) groups is 2. The summed E-state index contributed by atoms with van der Waals surface area (Å²) in [4.78, 5) is 27.7. The molecule has 2 N–H and O–H groups in total. The maximum Gasteiger partial charge on any atom is 0.331 e. The summed E-state index contributed by atoms with van der Waals surface area (Å²) in [7, 11) is 0. The molecule has 1 atom stereocenters. The number of rotatable bonds is 2. The Balaban J connectivity index is 1.94. The van der Waals surface area contributed by atoms with E-state index in [0.29, 0.717) is 18.7 Å². The first-order chi connectivity index (χ1) is 9.20. The summed E-state index contributed by atoms with van der Waals surface area (Å²) in [5.41, 5.74) is 7.15. The number of fused-ring (bicyclic) bond motifs is 1. The number of carbonyl (C=O) groups excluding carboxylic acids is 2. The highest BCUT2D eigenvalue weighted by Crippen LogP contribution is 2.30. The molecule has 1 aromatic rings. The molecule has 2 heterocycles. The van der Waals surface area contributed by atoms with Crippen LogP contribution in [-0.2, 0) is 11.3 Å². The first kappa shape index (κ1) is 12.2. The SMILES string of the molecule is NCc1cccc(N2C(=O)CC3CCCN3C2=O)c1. The molecule has 19 heavy (non-hydrogen) atoms. The van der Waals surface area contributed by atoms with Gasteiger partial charge < -0.3 is 10.6 Å². The van der Waals surface area contributed by atoms with Crippen LogP contribution in [0.25, 0.3) is 0 Å². The van der Waals surface area contributed by atoms with E-state index in [0.717, 1.165) is 24.9 Å². The van der Waals surface area contributed by atoms with Gasteiger partial charge in [-0.05, 0) is 30.5 Å². The maximum atomic E-state index is 12.4. The Kier molecular flexibility index (Phi) is 2.98. The van der Waals surface area contributed by atoms with Gasteiger partial charge in [0.2, 0.25) is 5.91 Å². The first-order valence-electron chi connectivity index (χ1n) is 6.63. The fraction of sp³-hybridized carbons (Fsp3) is 0.429. The smallest absolute Gasteiger partial charge is 0.326 e. The van der Waals surface area contributed by atoms with E-state index in [9.17, 15) is 9.59 Å². The molecule has 100 valence electrons. The van der Waals surface area contributed by atoms with Crippen LogP contribution in [0.3, 0.4) is 0 Å². The maximum absolute atomic E-state index is 12.4. The molecule has 0 bridgehead atoms. The minimum atomic E-state index is -0.187. The summed E-state index contributed by atoms with van der Waals surface area (Å²) in [6.07, 6.45) is 2.35. The van der Waals surface area contributed by atoms with Crippen molar-refractivity contribution >= 4 is 17.6 Å². The Morgan fingerprint density at radius 3 is 2.95 bits per heavy atom. The summed E-state index contributed by atoms with van der Waals surface area (Å²) in [6.45, 7) is 1.15. The minimum absolute atomic E-state index is 0.106. The van der Waals surface area contributed by atoms with E-state index < -0.39 is 0 Å². The molecule has 0 aliphatic carbocycles. The lowest BCUT2D eigenvalue weighted by Gasteiger charge is -2.36. The number of imide groups is 1. The van der Waals surface area contributed by atoms with Crippen molar-refractivity contribution < 1.29 is 9.59 Å². The zero-order valence-corrected chi connectivity index (χ0v) is 10.7. The average Bonchev–Trinajstić information content (AvgIpc) is 2.87. The van der Waals surface area contributed by atoms with Crippen LogP contribution >= 0.6 is 0 Å². The molecule has 0 saturated carbocycles. The Bertz CT molecular complexity index is 529. The van der Waals surface area contributed by atoms with Crippen molar-refractivity contribution in [2.75, 3.05) is 11.4 Å². The molecule has 3 amide bonds. The van der Waals surface area contributed by atoms with Crippen LogP contribution in [0.15, 0.2) is 24.3 Å². The molecule has 0 spiro atoms. The molecule has 2 aliphatic rings. The Hall–Kier alpha value is -1.88. The second-order valence-electron chi connectivity index (χ2n) is 5.08. The molecule has 5 nitrogen and oxygen atoms in total. The van der Waals surface area contributed by atoms with Gasteiger partial charge in [-0.15, -0.1) is 0 Å². The summed E-state index contributed by atoms with van der Waals surface area (Å²) < 4.78 is 0. The summed E-state index contributed by atoms with van der Waals surface area (Å²) >= 11 is 0. The largest absolute Gasteiger partial charge is 0.331 e. The Morgan fingerprint density at radius 1 is 1.32 bits per heavy atom. The first-order valence-corrected chi connectivity index (χ1v) is 6.63. The quantitative estimate of drug-likeness (QED) is 0.874. The molecule has 2 saturated heterocycles. The highest BCUT2D eigenvalue weighted by atomic mass is 16.2. The minimum Gasteiger partial charge on any atom is -0.326 e. The van der Waals surface area contributed by atoms with Crippen molar-refractivity contribution in [2.24, 2.45) is 5.73 Å². The van der Waals surface area contributed by atoms with Crippen LogP contribution in [0, 0.1) is 0 Å². The van der Waals surface area contributed by atoms with Crippen molar-refractivity contribution in [3.8, 4) is 0 Å². The molecule has 1 unspecified atom stereocenters. The molecule has 3 rings (SSSR count). The summed E-state index contributed by atoms with van der Waals surface area (Å²) in [5, 5.41) is 0. The van der Waals surface area contributed by atoms with E-state index in [1.807, 2.05) is 23.1 Å². The second-order valence-corrected chi connectivity index (χ2v) is 5.08. The molecular formula is C14H17N3O2. The number of hydrogen-bond donors (Lipinski definition) is 1. The van der Waals surface area contributed by atoms with Crippen LogP contribution in [0.2, 0.25) is 0 Å². The van der Waals surface area contributed by atoms with Gasteiger partial charge in [0.15, 0.2) is 0 Å². The van der Waals surface area contributed by atoms with E-state index in [1.54, 1.807) is 6.07 Å². The van der Waals surface area contributed by atoms with Crippen molar-refractivity contribution in [1.82, 2.24) is 4.90 Å². The second kappa shape index (κ2) is 4.66. The van der Waals surface area contributed by atoms with Crippen LogP contribution in [0.4, 0.5) is 10.5 Å². The number of hydrogen-bond acceptors (Lipinski definition) is 3. The predicted molar refractivity (Wildman–Crippen MR) is 71.6 cm³/mol. The zero-order chi connectivity index (χ0) is 13.4. The van der Waals surface area contributed by atoms with Crippen LogP contribution in [0.5, 0.6) is 0 Å². The number of benzene rings is 1. The number of urea groups is 1. The molecule has 1 aromatic carbocycles. The topological polar surface area (TPSA) is 66.6 Å². The van der Waals surface area contributed by atoms with Gasteiger partial charge in [-0.1, -0.05) is 12.1 Å². The van der Waals surface area contributed by atoms with E-state index in [-0.39, 0.29) is 18.0 Å². The van der Waals surface area contributed by atoms with Gasteiger partial charge in [-0.2, -0.15) is 0 Å². The lowest BCUT2D eigenvalue weighted by molar-refractivity contribution is -0.119. The molecule has 2 fully saturated rings. The fourth-order valence-electron chi connectivity index (χ4n) is 2.90. The molecule has 0 aromatic heterocycles. The number of amides is 3. The van der Waals surface area contributed by atoms with E-state index in [2.05, 4.69) is 0 Å². The van der Waals surface area contributed by atoms with Gasteiger partial charge >= 0.3 is 6.03 Å². The third-order valence-electron chi connectivity index (χ3n) is 3.88. The molecule has 2 aliphatic heterocycles. The van der Waals surface area contributed by atoms with Gasteiger partial charge in [-0.25, -0.2) is 9.69 Å². The van der Waals surface area contributed by atoms with Crippen LogP contribution in [-0.4, -0.2) is 29.4 Å². The van der Waals surface area contributed by atoms with Gasteiger partial charge in [0.1, 0.15) is 0 Å². The van der Waals surface area contributed by atoms with Gasteiger partial charge in [0.05, 0.1) is 5.69 Å². The highest BCUT2D eigenvalue weighted by molar-refractivity contribution is 6.16. The average molecular weight is 259 g/mol. The van der Waals surface area contributed by atoms with Gasteiger partial charge in [0, 0.05) is 25.6 Å². The summed E-state index contributed by atoms with van der Waals surface area (Å²) in [5.74, 6) is -0.109. The van der Waals surface area contributed by atoms with Crippen molar-refractivity contribution in [2.45, 2.75) is 31.8 Å². The Labute approximate surface area is 112 Å². The lowest BCUT2D eigenvalue weighted by Crippen LogP contribution is -2.54. The van der Waals surface area contributed by atoms with E-state index in [4.69, 9.17) is 5.73 Å². The number of nitrogens with zero attached hydrogens (tertiary/aromatic N) is 2. The monoisotopic (exact) mass is 259 g/mol. The van der Waals surface area contributed by atoms with E-state index in [1.165, 1.54) is 4.90 Å². The lowest BCUT2D eigenvalue weighted by atomic mass is 10.1. The third-order valence-corrected chi connectivity index (χ3v) is 3.88. The summed E-state index contributed by atoms with van der Waals surface area (Å²) in [6, 6.07) is 7.23. The number of nitrogens with two attached hydrogens (primary N) is 1.